The Morgan fingerprint density at radius 2 is 2.25 bits per heavy atom. The molecule has 0 unspecified atom stereocenters. The van der Waals surface area contributed by atoms with Crippen molar-refractivity contribution in [1.82, 2.24) is 5.32 Å². The summed E-state index contributed by atoms with van der Waals surface area (Å²) in [7, 11) is 1.47. The van der Waals surface area contributed by atoms with Crippen molar-refractivity contribution >= 4 is 5.91 Å². The van der Waals surface area contributed by atoms with Gasteiger partial charge >= 0.3 is 0 Å². The van der Waals surface area contributed by atoms with Gasteiger partial charge in [0.2, 0.25) is 0 Å². The molecule has 5 nitrogen and oxygen atoms in total. The fourth-order valence-electron chi connectivity index (χ4n) is 1.18. The van der Waals surface area contributed by atoms with E-state index in [0.29, 0.717) is 5.75 Å². The number of methoxy groups -OCH3 is 1. The minimum absolute atomic E-state index is 0.150. The highest BCUT2D eigenvalue weighted by molar-refractivity contribution is 5.97. The standard InChI is InChI=1S/C11H15NO4/c1-7(6-13)12-11(15)9-4-3-8(16-2)5-10(9)14/h3-5,7,13-14H,6H2,1-2H3,(H,12,15)/t7-/m1/s1. The summed E-state index contributed by atoms with van der Waals surface area (Å²) in [6.45, 7) is 1.52. The molecule has 0 bridgehead atoms. The van der Waals surface area contributed by atoms with Gasteiger partial charge in [-0.2, -0.15) is 0 Å². The van der Waals surface area contributed by atoms with Crippen LogP contribution < -0.4 is 10.1 Å². The van der Waals surface area contributed by atoms with Gasteiger partial charge in [-0.3, -0.25) is 4.79 Å². The largest absolute Gasteiger partial charge is 0.507 e. The summed E-state index contributed by atoms with van der Waals surface area (Å²) in [6, 6.07) is 4.05. The van der Waals surface area contributed by atoms with Gasteiger partial charge in [0.1, 0.15) is 11.5 Å². The number of benzene rings is 1. The van der Waals surface area contributed by atoms with Crippen molar-refractivity contribution in [3.63, 3.8) is 0 Å². The van der Waals surface area contributed by atoms with Gasteiger partial charge in [0, 0.05) is 12.1 Å². The van der Waals surface area contributed by atoms with Gasteiger partial charge in [-0.1, -0.05) is 0 Å². The number of amides is 1. The highest BCUT2D eigenvalue weighted by atomic mass is 16.5. The molecule has 0 aliphatic carbocycles. The maximum absolute atomic E-state index is 11.6. The Hall–Kier alpha value is -1.75. The van der Waals surface area contributed by atoms with Crippen LogP contribution in [0, 0.1) is 0 Å². The van der Waals surface area contributed by atoms with Crippen LogP contribution in [0.15, 0.2) is 18.2 Å². The molecule has 0 aliphatic heterocycles. The molecule has 16 heavy (non-hydrogen) atoms. The van der Waals surface area contributed by atoms with Crippen LogP contribution in [-0.4, -0.2) is 35.9 Å². The Bertz CT molecular complexity index is 378. The lowest BCUT2D eigenvalue weighted by molar-refractivity contribution is 0.0919. The topological polar surface area (TPSA) is 78.8 Å². The van der Waals surface area contributed by atoms with Crippen LogP contribution in [0.1, 0.15) is 17.3 Å². The third-order valence-corrected chi connectivity index (χ3v) is 2.10. The van der Waals surface area contributed by atoms with Crippen molar-refractivity contribution in [2.75, 3.05) is 13.7 Å². The molecule has 0 heterocycles. The van der Waals surface area contributed by atoms with E-state index >= 15 is 0 Å². The van der Waals surface area contributed by atoms with Gasteiger partial charge in [-0.15, -0.1) is 0 Å². The second-order valence-corrected chi connectivity index (χ2v) is 3.44. The maximum Gasteiger partial charge on any atom is 0.255 e. The molecule has 0 spiro atoms. The van der Waals surface area contributed by atoms with Crippen LogP contribution >= 0.6 is 0 Å². The molecular weight excluding hydrogens is 210 g/mol. The lowest BCUT2D eigenvalue weighted by Crippen LogP contribution is -2.34. The fourth-order valence-corrected chi connectivity index (χ4v) is 1.18. The molecule has 1 aromatic rings. The van der Waals surface area contributed by atoms with Gasteiger partial charge in [0.05, 0.1) is 19.3 Å². The van der Waals surface area contributed by atoms with Crippen LogP contribution in [-0.2, 0) is 0 Å². The molecule has 0 aromatic heterocycles. The molecule has 1 amide bonds. The average molecular weight is 225 g/mol. The lowest BCUT2D eigenvalue weighted by Gasteiger charge is -2.12. The third kappa shape index (κ3) is 2.87. The molecule has 0 fully saturated rings. The summed E-state index contributed by atoms with van der Waals surface area (Å²) in [6.07, 6.45) is 0. The Morgan fingerprint density at radius 3 is 2.75 bits per heavy atom. The molecule has 0 radical (unpaired) electrons. The first-order chi connectivity index (χ1) is 7.58. The number of carbonyl (C=O) groups is 1. The maximum atomic E-state index is 11.6. The first-order valence-electron chi connectivity index (χ1n) is 4.87. The molecule has 1 atom stereocenters. The number of aromatic hydroxyl groups is 1. The SMILES string of the molecule is COc1ccc(C(=O)N[C@H](C)CO)c(O)c1. The number of ether oxygens (including phenoxy) is 1. The minimum Gasteiger partial charge on any atom is -0.507 e. The molecule has 1 rings (SSSR count). The Morgan fingerprint density at radius 1 is 1.56 bits per heavy atom. The molecule has 0 aliphatic rings. The normalized spacial score (nSPS) is 11.9. The summed E-state index contributed by atoms with van der Waals surface area (Å²) < 4.78 is 4.90. The lowest BCUT2D eigenvalue weighted by atomic mass is 10.1. The van der Waals surface area contributed by atoms with E-state index in [0.717, 1.165) is 0 Å². The number of nitrogens with one attached hydrogen (secondary N) is 1. The molecular formula is C11H15NO4. The number of phenols is 1. The minimum atomic E-state index is -0.429. The molecule has 1 aromatic carbocycles. The van der Waals surface area contributed by atoms with Crippen molar-refractivity contribution in [2.24, 2.45) is 0 Å². The highest BCUT2D eigenvalue weighted by Crippen LogP contribution is 2.23. The highest BCUT2D eigenvalue weighted by Gasteiger charge is 2.13. The van der Waals surface area contributed by atoms with E-state index in [9.17, 15) is 9.90 Å². The Labute approximate surface area is 93.7 Å². The number of hydrogen-bond donors (Lipinski definition) is 3. The van der Waals surface area contributed by atoms with Gasteiger partial charge in [0.25, 0.3) is 5.91 Å². The van der Waals surface area contributed by atoms with E-state index in [1.165, 1.54) is 19.2 Å². The van der Waals surface area contributed by atoms with E-state index in [1.54, 1.807) is 13.0 Å². The van der Waals surface area contributed by atoms with Crippen LogP contribution in [0.3, 0.4) is 0 Å². The van der Waals surface area contributed by atoms with Crippen molar-refractivity contribution in [3.8, 4) is 11.5 Å². The number of phenolic OH excluding ortho intramolecular Hbond substituents is 1. The quantitative estimate of drug-likeness (QED) is 0.697. The summed E-state index contributed by atoms with van der Waals surface area (Å²) >= 11 is 0. The molecule has 88 valence electrons. The van der Waals surface area contributed by atoms with Crippen LogP contribution in [0.5, 0.6) is 11.5 Å². The molecule has 0 saturated heterocycles. The average Bonchev–Trinajstić information content (AvgIpc) is 2.28. The van der Waals surface area contributed by atoms with Crippen LogP contribution in [0.25, 0.3) is 0 Å². The smallest absolute Gasteiger partial charge is 0.255 e. The van der Waals surface area contributed by atoms with Crippen molar-refractivity contribution in [1.29, 1.82) is 0 Å². The number of carbonyl (C=O) groups excluding carboxylic acids is 1. The van der Waals surface area contributed by atoms with Crippen LogP contribution in [0.4, 0.5) is 0 Å². The Balaban J connectivity index is 2.84. The monoisotopic (exact) mass is 225 g/mol. The summed E-state index contributed by atoms with van der Waals surface area (Å²) in [5, 5.41) is 20.9. The number of hydrogen-bond acceptors (Lipinski definition) is 4. The van der Waals surface area contributed by atoms with Crippen molar-refractivity contribution < 1.29 is 19.7 Å². The first-order valence-corrected chi connectivity index (χ1v) is 4.87. The number of aliphatic hydroxyl groups excluding tert-OH is 1. The van der Waals surface area contributed by atoms with Gasteiger partial charge in [-0.25, -0.2) is 0 Å². The molecule has 3 N–H and O–H groups in total. The molecule has 5 heteroatoms. The third-order valence-electron chi connectivity index (χ3n) is 2.10. The van der Waals surface area contributed by atoms with Crippen molar-refractivity contribution in [3.05, 3.63) is 23.8 Å². The number of rotatable bonds is 4. The summed E-state index contributed by atoms with van der Waals surface area (Å²) in [5.41, 5.74) is 0.154. The van der Waals surface area contributed by atoms with E-state index in [1.807, 2.05) is 0 Å². The van der Waals surface area contributed by atoms with Crippen molar-refractivity contribution in [2.45, 2.75) is 13.0 Å². The number of aliphatic hydroxyl groups is 1. The summed E-state index contributed by atoms with van der Waals surface area (Å²) in [4.78, 5) is 11.6. The van der Waals surface area contributed by atoms with Gasteiger partial charge < -0.3 is 20.3 Å². The second kappa shape index (κ2) is 5.37. The van der Waals surface area contributed by atoms with E-state index in [4.69, 9.17) is 9.84 Å². The van der Waals surface area contributed by atoms with Crippen LogP contribution in [0.2, 0.25) is 0 Å². The predicted octanol–water partition coefficient (Wildman–Crippen LogP) is 0.511. The van der Waals surface area contributed by atoms with Gasteiger partial charge in [-0.05, 0) is 19.1 Å². The zero-order valence-corrected chi connectivity index (χ0v) is 9.23. The zero-order valence-electron chi connectivity index (χ0n) is 9.23. The van der Waals surface area contributed by atoms with E-state index < -0.39 is 5.91 Å². The van der Waals surface area contributed by atoms with Gasteiger partial charge in [0.15, 0.2) is 0 Å². The first kappa shape index (κ1) is 12.3. The fraction of sp³-hybridized carbons (Fsp3) is 0.364. The van der Waals surface area contributed by atoms with E-state index in [-0.39, 0.29) is 24.0 Å². The van der Waals surface area contributed by atoms with E-state index in [2.05, 4.69) is 5.32 Å². The predicted molar refractivity (Wildman–Crippen MR) is 58.7 cm³/mol. The second-order valence-electron chi connectivity index (χ2n) is 3.44. The zero-order chi connectivity index (χ0) is 12.1. The summed E-state index contributed by atoms with van der Waals surface area (Å²) in [5.74, 6) is -0.104. The molecule has 0 saturated carbocycles. The Kier molecular flexibility index (Phi) is 4.13.